The maximum atomic E-state index is 12.9. The van der Waals surface area contributed by atoms with E-state index in [-0.39, 0.29) is 11.4 Å². The van der Waals surface area contributed by atoms with Gasteiger partial charge in [-0.1, -0.05) is 12.1 Å². The zero-order valence-corrected chi connectivity index (χ0v) is 12.6. The molecule has 0 saturated heterocycles. The molecule has 5 nitrogen and oxygen atoms in total. The van der Waals surface area contributed by atoms with Gasteiger partial charge in [0.2, 0.25) is 0 Å². The minimum absolute atomic E-state index is 0.187. The lowest BCUT2D eigenvalue weighted by Gasteiger charge is -2.01. The van der Waals surface area contributed by atoms with E-state index in [2.05, 4.69) is 9.36 Å². The highest BCUT2D eigenvalue weighted by Crippen LogP contribution is 2.24. The van der Waals surface area contributed by atoms with Crippen molar-refractivity contribution in [1.29, 1.82) is 0 Å². The first kappa shape index (κ1) is 15.1. The third-order valence-electron chi connectivity index (χ3n) is 3.03. The molecule has 0 amide bonds. The van der Waals surface area contributed by atoms with Gasteiger partial charge in [0.15, 0.2) is 5.82 Å². The molecule has 1 N–H and O–H groups in total. The predicted octanol–water partition coefficient (Wildman–Crippen LogP) is 3.76. The summed E-state index contributed by atoms with van der Waals surface area (Å²) in [7, 11) is 0. The number of nitrogens with zero attached hydrogens (tertiary/aromatic N) is 2. The third-order valence-corrected chi connectivity index (χ3v) is 3.66. The fourth-order valence-corrected chi connectivity index (χ4v) is 2.47. The molecule has 7 heteroatoms. The summed E-state index contributed by atoms with van der Waals surface area (Å²) in [6.07, 6.45) is 0.484. The number of benzene rings is 2. The summed E-state index contributed by atoms with van der Waals surface area (Å²) in [5, 5.41) is 9.21. The summed E-state index contributed by atoms with van der Waals surface area (Å²) >= 11 is 1.10. The van der Waals surface area contributed by atoms with Crippen molar-refractivity contribution in [3.63, 3.8) is 0 Å². The molecule has 0 atom stereocenters. The van der Waals surface area contributed by atoms with Gasteiger partial charge in [0.25, 0.3) is 5.19 Å². The molecule has 0 fully saturated rings. The number of carboxylic acid groups (broad SMARTS) is 1. The van der Waals surface area contributed by atoms with Crippen molar-refractivity contribution < 1.29 is 19.0 Å². The number of carboxylic acids is 1. The van der Waals surface area contributed by atoms with E-state index in [0.717, 1.165) is 17.1 Å². The largest absolute Gasteiger partial charge is 0.478 e. The zero-order chi connectivity index (χ0) is 16.2. The van der Waals surface area contributed by atoms with Gasteiger partial charge in [-0.25, -0.2) is 9.18 Å². The third kappa shape index (κ3) is 3.89. The molecule has 23 heavy (non-hydrogen) atoms. The second kappa shape index (κ2) is 6.53. The summed E-state index contributed by atoms with van der Waals surface area (Å²) in [5.74, 6) is -0.207. The highest BCUT2D eigenvalue weighted by molar-refractivity contribution is 7.07. The molecule has 116 valence electrons. The molecule has 0 aliphatic carbocycles. The van der Waals surface area contributed by atoms with Crippen LogP contribution in [0.5, 0.6) is 10.9 Å². The lowest BCUT2D eigenvalue weighted by Crippen LogP contribution is -1.95. The standard InChI is InChI=1S/C16H11FN2O3S/c17-12-5-1-10(2-6-12)9-14-18-16(23-19-14)22-13-7-3-11(4-8-13)15(20)21/h1-8H,9H2,(H,20,21). The predicted molar refractivity (Wildman–Crippen MR) is 82.6 cm³/mol. The van der Waals surface area contributed by atoms with Crippen molar-refractivity contribution in [1.82, 2.24) is 9.36 Å². The monoisotopic (exact) mass is 330 g/mol. The van der Waals surface area contributed by atoms with Crippen LogP contribution in [0.1, 0.15) is 21.7 Å². The van der Waals surface area contributed by atoms with Crippen LogP contribution in [0.3, 0.4) is 0 Å². The van der Waals surface area contributed by atoms with Crippen molar-refractivity contribution in [2.45, 2.75) is 6.42 Å². The number of hydrogen-bond acceptors (Lipinski definition) is 5. The second-order valence-electron chi connectivity index (χ2n) is 4.71. The van der Waals surface area contributed by atoms with Gasteiger partial charge in [-0.2, -0.15) is 9.36 Å². The van der Waals surface area contributed by atoms with Crippen LogP contribution in [0.4, 0.5) is 4.39 Å². The second-order valence-corrected chi connectivity index (χ2v) is 5.43. The van der Waals surface area contributed by atoms with Gasteiger partial charge >= 0.3 is 5.97 Å². The van der Waals surface area contributed by atoms with Gasteiger partial charge in [-0.15, -0.1) is 0 Å². The van der Waals surface area contributed by atoms with E-state index < -0.39 is 5.97 Å². The highest BCUT2D eigenvalue weighted by Gasteiger charge is 2.08. The fourth-order valence-electron chi connectivity index (χ4n) is 1.90. The SMILES string of the molecule is O=C(O)c1ccc(Oc2nc(Cc3ccc(F)cc3)ns2)cc1. The zero-order valence-electron chi connectivity index (χ0n) is 11.8. The summed E-state index contributed by atoms with van der Waals surface area (Å²) in [4.78, 5) is 15.0. The van der Waals surface area contributed by atoms with Crippen LogP contribution in [-0.2, 0) is 6.42 Å². The molecule has 2 aromatic carbocycles. The van der Waals surface area contributed by atoms with Crippen LogP contribution in [0.25, 0.3) is 0 Å². The summed E-state index contributed by atoms with van der Waals surface area (Å²) in [6, 6.07) is 12.2. The van der Waals surface area contributed by atoms with Gasteiger partial charge in [0.05, 0.1) is 5.56 Å². The average Bonchev–Trinajstić information content (AvgIpc) is 2.97. The quantitative estimate of drug-likeness (QED) is 0.771. The Hall–Kier alpha value is -2.80. The maximum absolute atomic E-state index is 12.9. The number of halogens is 1. The van der Waals surface area contributed by atoms with Crippen LogP contribution in [0, 0.1) is 5.82 Å². The van der Waals surface area contributed by atoms with Crippen molar-refractivity contribution in [2.75, 3.05) is 0 Å². The van der Waals surface area contributed by atoms with E-state index in [1.165, 1.54) is 24.3 Å². The Balaban J connectivity index is 1.67. The lowest BCUT2D eigenvalue weighted by molar-refractivity contribution is 0.0697. The first-order valence-corrected chi connectivity index (χ1v) is 7.46. The molecule has 3 aromatic rings. The molecule has 0 aliphatic heterocycles. The molecular weight excluding hydrogens is 319 g/mol. The fraction of sp³-hybridized carbons (Fsp3) is 0.0625. The highest BCUT2D eigenvalue weighted by atomic mass is 32.1. The summed E-state index contributed by atoms with van der Waals surface area (Å²) < 4.78 is 22.6. The Kier molecular flexibility index (Phi) is 4.29. The normalized spacial score (nSPS) is 10.5. The Morgan fingerprint density at radius 3 is 2.48 bits per heavy atom. The summed E-state index contributed by atoms with van der Waals surface area (Å²) in [6.45, 7) is 0. The molecule has 0 saturated carbocycles. The maximum Gasteiger partial charge on any atom is 0.335 e. The van der Waals surface area contributed by atoms with E-state index >= 15 is 0 Å². The smallest absolute Gasteiger partial charge is 0.335 e. The van der Waals surface area contributed by atoms with E-state index in [0.29, 0.717) is 23.2 Å². The van der Waals surface area contributed by atoms with Crippen LogP contribution in [0.2, 0.25) is 0 Å². The molecule has 0 spiro atoms. The Morgan fingerprint density at radius 2 is 1.83 bits per heavy atom. The Morgan fingerprint density at radius 1 is 1.13 bits per heavy atom. The van der Waals surface area contributed by atoms with Gasteiger partial charge < -0.3 is 9.84 Å². The van der Waals surface area contributed by atoms with E-state index in [1.54, 1.807) is 24.3 Å². The number of carbonyl (C=O) groups is 1. The van der Waals surface area contributed by atoms with Crippen LogP contribution in [0.15, 0.2) is 48.5 Å². The number of hydrogen-bond donors (Lipinski definition) is 1. The average molecular weight is 330 g/mol. The molecule has 0 bridgehead atoms. The lowest BCUT2D eigenvalue weighted by atomic mass is 10.1. The van der Waals surface area contributed by atoms with E-state index in [4.69, 9.17) is 9.84 Å². The minimum atomic E-state index is -0.992. The minimum Gasteiger partial charge on any atom is -0.478 e. The van der Waals surface area contributed by atoms with E-state index in [9.17, 15) is 9.18 Å². The van der Waals surface area contributed by atoms with Gasteiger partial charge in [0, 0.05) is 18.0 Å². The van der Waals surface area contributed by atoms with Crippen molar-refractivity contribution in [3.8, 4) is 10.9 Å². The Labute approximate surface area is 135 Å². The molecule has 3 rings (SSSR count). The molecule has 1 aromatic heterocycles. The van der Waals surface area contributed by atoms with Crippen molar-refractivity contribution >= 4 is 17.5 Å². The van der Waals surface area contributed by atoms with Gasteiger partial charge in [-0.3, -0.25) is 0 Å². The first-order chi connectivity index (χ1) is 11.1. The molecule has 0 aliphatic rings. The molecule has 1 heterocycles. The number of aromatic carboxylic acids is 1. The molecule has 0 unspecified atom stereocenters. The van der Waals surface area contributed by atoms with Crippen molar-refractivity contribution in [3.05, 3.63) is 71.3 Å². The number of rotatable bonds is 5. The summed E-state index contributed by atoms with van der Waals surface area (Å²) in [5.41, 5.74) is 1.09. The van der Waals surface area contributed by atoms with Gasteiger partial charge in [-0.05, 0) is 42.0 Å². The number of aromatic nitrogens is 2. The topological polar surface area (TPSA) is 72.3 Å². The van der Waals surface area contributed by atoms with Crippen molar-refractivity contribution in [2.24, 2.45) is 0 Å². The van der Waals surface area contributed by atoms with Gasteiger partial charge in [0.1, 0.15) is 11.6 Å². The Bertz CT molecular complexity index is 816. The first-order valence-electron chi connectivity index (χ1n) is 6.68. The van der Waals surface area contributed by atoms with Crippen LogP contribution >= 0.6 is 11.5 Å². The van der Waals surface area contributed by atoms with Crippen LogP contribution in [-0.4, -0.2) is 20.4 Å². The molecular formula is C16H11FN2O3S. The number of ether oxygens (including phenoxy) is 1. The van der Waals surface area contributed by atoms with E-state index in [1.807, 2.05) is 0 Å². The molecule has 0 radical (unpaired) electrons. The van der Waals surface area contributed by atoms with Crippen LogP contribution < -0.4 is 4.74 Å².